The van der Waals surface area contributed by atoms with Gasteiger partial charge in [0.1, 0.15) is 0 Å². The summed E-state index contributed by atoms with van der Waals surface area (Å²) in [6, 6.07) is 2.04. The summed E-state index contributed by atoms with van der Waals surface area (Å²) in [5, 5.41) is 5.97. The van der Waals surface area contributed by atoms with Crippen molar-refractivity contribution in [1.29, 1.82) is 0 Å². The summed E-state index contributed by atoms with van der Waals surface area (Å²) >= 11 is 0. The third-order valence-electron chi connectivity index (χ3n) is 2.77. The highest BCUT2D eigenvalue weighted by atomic mass is 16.1. The van der Waals surface area contributed by atoms with Crippen LogP contribution in [-0.4, -0.2) is 37.6 Å². The monoisotopic (exact) mass is 264 g/mol. The first kappa shape index (κ1) is 15.3. The molecule has 0 aliphatic carbocycles. The third kappa shape index (κ3) is 5.16. The van der Waals surface area contributed by atoms with Gasteiger partial charge >= 0.3 is 0 Å². The van der Waals surface area contributed by atoms with E-state index < -0.39 is 0 Å². The Morgan fingerprint density at radius 3 is 2.74 bits per heavy atom. The van der Waals surface area contributed by atoms with Crippen LogP contribution in [-0.2, 0) is 4.79 Å². The number of carbonyl (C=O) groups excluding carboxylic acids is 1. The van der Waals surface area contributed by atoms with Gasteiger partial charge in [-0.25, -0.2) is 0 Å². The van der Waals surface area contributed by atoms with Crippen molar-refractivity contribution in [3.8, 4) is 0 Å². The van der Waals surface area contributed by atoms with Gasteiger partial charge in [0.2, 0.25) is 5.91 Å². The minimum atomic E-state index is 0.0142. The van der Waals surface area contributed by atoms with E-state index in [1.807, 2.05) is 17.2 Å². The van der Waals surface area contributed by atoms with Gasteiger partial charge in [0.25, 0.3) is 0 Å². The van der Waals surface area contributed by atoms with Crippen LogP contribution in [0.3, 0.4) is 0 Å². The Morgan fingerprint density at radius 1 is 1.32 bits per heavy atom. The zero-order valence-electron chi connectivity index (χ0n) is 12.1. The molecule has 0 spiro atoms. The van der Waals surface area contributed by atoms with Crippen molar-refractivity contribution in [3.05, 3.63) is 18.5 Å². The lowest BCUT2D eigenvalue weighted by molar-refractivity contribution is -0.119. The summed E-state index contributed by atoms with van der Waals surface area (Å²) in [4.78, 5) is 17.8. The van der Waals surface area contributed by atoms with E-state index in [2.05, 4.69) is 29.5 Å². The maximum Gasteiger partial charge on any atom is 0.239 e. The van der Waals surface area contributed by atoms with Crippen LogP contribution in [0, 0.1) is 0 Å². The maximum absolute atomic E-state index is 11.5. The number of anilines is 2. The van der Waals surface area contributed by atoms with E-state index in [0.29, 0.717) is 6.54 Å². The molecular formula is C14H24N4O. The van der Waals surface area contributed by atoms with Crippen LogP contribution in [0.25, 0.3) is 0 Å². The smallest absolute Gasteiger partial charge is 0.239 e. The SMILES string of the molecule is CCCNc1cncc(N(CCC)CC(=O)NC)c1. The average Bonchev–Trinajstić information content (AvgIpc) is 2.44. The standard InChI is InChI=1S/C14H24N4O/c1-4-6-17-12-8-13(10-16-9-12)18(7-5-2)11-14(19)15-3/h8-10,17H,4-7,11H2,1-3H3,(H,15,19). The Labute approximate surface area is 115 Å². The Morgan fingerprint density at radius 2 is 2.11 bits per heavy atom. The molecule has 0 saturated heterocycles. The second kappa shape index (κ2) is 8.34. The molecule has 1 amide bonds. The van der Waals surface area contributed by atoms with E-state index in [0.717, 1.165) is 37.3 Å². The fraction of sp³-hybridized carbons (Fsp3) is 0.571. The molecule has 0 bridgehead atoms. The van der Waals surface area contributed by atoms with Crippen LogP contribution < -0.4 is 15.5 Å². The van der Waals surface area contributed by atoms with Crippen molar-refractivity contribution >= 4 is 17.3 Å². The summed E-state index contributed by atoms with van der Waals surface area (Å²) in [7, 11) is 1.66. The lowest BCUT2D eigenvalue weighted by atomic mass is 10.3. The average molecular weight is 264 g/mol. The predicted octanol–water partition coefficient (Wildman–Crippen LogP) is 1.87. The van der Waals surface area contributed by atoms with Gasteiger partial charge in [-0.15, -0.1) is 0 Å². The molecule has 1 aromatic heterocycles. The van der Waals surface area contributed by atoms with Crippen LogP contribution in [0.1, 0.15) is 26.7 Å². The maximum atomic E-state index is 11.5. The van der Waals surface area contributed by atoms with Gasteiger partial charge in [0, 0.05) is 20.1 Å². The van der Waals surface area contributed by atoms with Crippen molar-refractivity contribution < 1.29 is 4.79 Å². The zero-order chi connectivity index (χ0) is 14.1. The first-order valence-corrected chi connectivity index (χ1v) is 6.85. The first-order valence-electron chi connectivity index (χ1n) is 6.85. The molecule has 0 atom stereocenters. The number of nitrogens with zero attached hydrogens (tertiary/aromatic N) is 2. The van der Waals surface area contributed by atoms with Gasteiger partial charge in [-0.3, -0.25) is 9.78 Å². The van der Waals surface area contributed by atoms with Crippen molar-refractivity contribution in [2.45, 2.75) is 26.7 Å². The number of amides is 1. The van der Waals surface area contributed by atoms with Crippen molar-refractivity contribution in [2.24, 2.45) is 0 Å². The van der Waals surface area contributed by atoms with E-state index in [1.54, 1.807) is 13.2 Å². The quantitative estimate of drug-likeness (QED) is 0.752. The van der Waals surface area contributed by atoms with E-state index in [9.17, 15) is 4.79 Å². The summed E-state index contributed by atoms with van der Waals surface area (Å²) < 4.78 is 0. The number of pyridine rings is 1. The second-order valence-electron chi connectivity index (χ2n) is 4.45. The molecule has 1 aromatic rings. The molecule has 19 heavy (non-hydrogen) atoms. The molecule has 106 valence electrons. The van der Waals surface area contributed by atoms with E-state index in [4.69, 9.17) is 0 Å². The van der Waals surface area contributed by atoms with Crippen LogP contribution in [0.4, 0.5) is 11.4 Å². The van der Waals surface area contributed by atoms with Crippen molar-refractivity contribution in [1.82, 2.24) is 10.3 Å². The van der Waals surface area contributed by atoms with Gasteiger partial charge in [0.05, 0.1) is 30.3 Å². The summed E-state index contributed by atoms with van der Waals surface area (Å²) in [6.07, 6.45) is 5.67. The van der Waals surface area contributed by atoms with Gasteiger partial charge in [-0.2, -0.15) is 0 Å². The minimum Gasteiger partial charge on any atom is -0.384 e. The lowest BCUT2D eigenvalue weighted by Crippen LogP contribution is -2.36. The fourth-order valence-corrected chi connectivity index (χ4v) is 1.79. The molecule has 1 rings (SSSR count). The molecule has 0 aliphatic heterocycles. The number of nitrogens with one attached hydrogen (secondary N) is 2. The van der Waals surface area contributed by atoms with Gasteiger partial charge in [0.15, 0.2) is 0 Å². The minimum absolute atomic E-state index is 0.0142. The highest BCUT2D eigenvalue weighted by Gasteiger charge is 2.10. The molecule has 0 unspecified atom stereocenters. The lowest BCUT2D eigenvalue weighted by Gasteiger charge is -2.23. The normalized spacial score (nSPS) is 10.1. The van der Waals surface area contributed by atoms with E-state index in [1.165, 1.54) is 0 Å². The Hall–Kier alpha value is -1.78. The second-order valence-corrected chi connectivity index (χ2v) is 4.45. The molecule has 0 aliphatic rings. The van der Waals surface area contributed by atoms with Crippen molar-refractivity contribution in [3.63, 3.8) is 0 Å². The molecule has 0 fully saturated rings. The number of carbonyl (C=O) groups is 1. The number of aromatic nitrogens is 1. The molecule has 2 N–H and O–H groups in total. The van der Waals surface area contributed by atoms with E-state index >= 15 is 0 Å². The molecule has 1 heterocycles. The van der Waals surface area contributed by atoms with Crippen LogP contribution in [0.5, 0.6) is 0 Å². The molecule has 0 aromatic carbocycles. The molecule has 0 radical (unpaired) electrons. The highest BCUT2D eigenvalue weighted by molar-refractivity contribution is 5.81. The number of rotatable bonds is 8. The Balaban J connectivity index is 2.79. The van der Waals surface area contributed by atoms with E-state index in [-0.39, 0.29) is 5.91 Å². The molecule has 0 saturated carbocycles. The molecule has 5 nitrogen and oxygen atoms in total. The third-order valence-corrected chi connectivity index (χ3v) is 2.77. The molecular weight excluding hydrogens is 240 g/mol. The van der Waals surface area contributed by atoms with Gasteiger partial charge < -0.3 is 15.5 Å². The summed E-state index contributed by atoms with van der Waals surface area (Å²) in [5.41, 5.74) is 1.98. The zero-order valence-corrected chi connectivity index (χ0v) is 12.1. The summed E-state index contributed by atoms with van der Waals surface area (Å²) in [6.45, 7) is 6.35. The first-order chi connectivity index (χ1) is 9.21. The van der Waals surface area contributed by atoms with Crippen LogP contribution in [0.15, 0.2) is 18.5 Å². The number of hydrogen-bond acceptors (Lipinski definition) is 4. The van der Waals surface area contributed by atoms with Crippen LogP contribution in [0.2, 0.25) is 0 Å². The topological polar surface area (TPSA) is 57.3 Å². The highest BCUT2D eigenvalue weighted by Crippen LogP contribution is 2.18. The number of likely N-dealkylation sites (N-methyl/N-ethyl adjacent to an activating group) is 1. The van der Waals surface area contributed by atoms with Gasteiger partial charge in [-0.05, 0) is 18.9 Å². The van der Waals surface area contributed by atoms with Crippen LogP contribution >= 0.6 is 0 Å². The number of hydrogen-bond donors (Lipinski definition) is 2. The molecule has 5 heteroatoms. The predicted molar refractivity (Wildman–Crippen MR) is 79.6 cm³/mol. The Bertz CT molecular complexity index is 395. The largest absolute Gasteiger partial charge is 0.384 e. The van der Waals surface area contributed by atoms with Crippen molar-refractivity contribution in [2.75, 3.05) is 36.9 Å². The fourth-order valence-electron chi connectivity index (χ4n) is 1.79. The Kier molecular flexibility index (Phi) is 6.71. The van der Waals surface area contributed by atoms with Gasteiger partial charge in [-0.1, -0.05) is 13.8 Å². The summed E-state index contributed by atoms with van der Waals surface area (Å²) in [5.74, 6) is 0.0142.